The number of halogens is 3. The van der Waals surface area contributed by atoms with Gasteiger partial charge in [0, 0.05) is 24.2 Å². The highest BCUT2D eigenvalue weighted by molar-refractivity contribution is 5.81. The van der Waals surface area contributed by atoms with E-state index in [0.717, 1.165) is 29.8 Å². The number of alkyl halides is 3. The second kappa shape index (κ2) is 7.97. The molecule has 1 aliphatic rings. The fraction of sp³-hybridized carbons (Fsp3) is 0.381. The monoisotopic (exact) mass is 418 g/mol. The summed E-state index contributed by atoms with van der Waals surface area (Å²) in [7, 11) is 1.51. The van der Waals surface area contributed by atoms with E-state index in [1.807, 2.05) is 0 Å². The highest BCUT2D eigenvalue weighted by atomic mass is 19.4. The third-order valence-corrected chi connectivity index (χ3v) is 5.27. The molecule has 158 valence electrons. The van der Waals surface area contributed by atoms with Gasteiger partial charge in [-0.1, -0.05) is 0 Å². The fourth-order valence-corrected chi connectivity index (χ4v) is 3.66. The van der Waals surface area contributed by atoms with Crippen molar-refractivity contribution in [3.63, 3.8) is 0 Å². The molecular weight excluding hydrogens is 397 g/mol. The van der Waals surface area contributed by atoms with E-state index in [1.165, 1.54) is 13.3 Å². The Morgan fingerprint density at radius 1 is 1.13 bits per heavy atom. The van der Waals surface area contributed by atoms with Crippen LogP contribution in [0.25, 0.3) is 16.9 Å². The van der Waals surface area contributed by atoms with Gasteiger partial charge in [0.05, 0.1) is 25.4 Å². The summed E-state index contributed by atoms with van der Waals surface area (Å²) in [5.74, 6) is 0.475. The van der Waals surface area contributed by atoms with Gasteiger partial charge in [-0.3, -0.25) is 4.79 Å². The zero-order chi connectivity index (χ0) is 21.3. The molecule has 0 unspecified atom stereocenters. The number of ether oxygens (including phenoxy) is 1. The Bertz CT molecular complexity index is 1050. The van der Waals surface area contributed by atoms with Gasteiger partial charge in [0.15, 0.2) is 11.3 Å². The molecule has 0 atom stereocenters. The van der Waals surface area contributed by atoms with Gasteiger partial charge in [-0.2, -0.15) is 18.3 Å². The lowest BCUT2D eigenvalue weighted by atomic mass is 10.1. The lowest BCUT2D eigenvalue weighted by Crippen LogP contribution is -2.36. The average Bonchev–Trinajstić information content (AvgIpc) is 3.15. The molecule has 1 aromatic carbocycles. The van der Waals surface area contributed by atoms with E-state index in [4.69, 9.17) is 4.74 Å². The predicted octanol–water partition coefficient (Wildman–Crippen LogP) is 3.98. The van der Waals surface area contributed by atoms with Crippen molar-refractivity contribution >= 4 is 11.6 Å². The molecule has 9 heteroatoms. The maximum atomic E-state index is 13.7. The number of methoxy groups -OCH3 is 1. The van der Waals surface area contributed by atoms with E-state index in [-0.39, 0.29) is 23.7 Å². The zero-order valence-corrected chi connectivity index (χ0v) is 16.4. The first-order chi connectivity index (χ1) is 14.4. The molecule has 6 nitrogen and oxygen atoms in total. The van der Waals surface area contributed by atoms with Crippen molar-refractivity contribution in [2.75, 3.05) is 20.2 Å². The van der Waals surface area contributed by atoms with Gasteiger partial charge >= 0.3 is 6.18 Å². The molecule has 0 saturated carbocycles. The first kappa shape index (κ1) is 20.2. The van der Waals surface area contributed by atoms with E-state index in [2.05, 4.69) is 10.1 Å². The minimum Gasteiger partial charge on any atom is -0.497 e. The van der Waals surface area contributed by atoms with Crippen LogP contribution in [0, 0.1) is 0 Å². The van der Waals surface area contributed by atoms with Gasteiger partial charge in [0.2, 0.25) is 5.91 Å². The number of amides is 1. The van der Waals surface area contributed by atoms with Crippen molar-refractivity contribution in [2.24, 2.45) is 0 Å². The van der Waals surface area contributed by atoms with E-state index in [9.17, 15) is 18.0 Å². The van der Waals surface area contributed by atoms with Gasteiger partial charge in [0.25, 0.3) is 0 Å². The Morgan fingerprint density at radius 2 is 1.83 bits per heavy atom. The van der Waals surface area contributed by atoms with Crippen molar-refractivity contribution < 1.29 is 22.7 Å². The van der Waals surface area contributed by atoms with Crippen LogP contribution in [0.3, 0.4) is 0 Å². The van der Waals surface area contributed by atoms with Gasteiger partial charge in [0.1, 0.15) is 5.75 Å². The first-order valence-electron chi connectivity index (χ1n) is 9.74. The number of nitrogens with zero attached hydrogens (tertiary/aromatic N) is 4. The third kappa shape index (κ3) is 3.96. The quantitative estimate of drug-likeness (QED) is 0.643. The summed E-state index contributed by atoms with van der Waals surface area (Å²) in [6, 6.07) is 7.58. The molecule has 3 aromatic rings. The van der Waals surface area contributed by atoms with Crippen molar-refractivity contribution in [1.82, 2.24) is 19.5 Å². The van der Waals surface area contributed by atoms with E-state index in [0.29, 0.717) is 30.0 Å². The number of likely N-dealkylation sites (tertiary alicyclic amines) is 1. The normalized spacial score (nSPS) is 14.9. The van der Waals surface area contributed by atoms with Crippen LogP contribution in [-0.2, 0) is 17.4 Å². The molecule has 0 bridgehead atoms. The van der Waals surface area contributed by atoms with Crippen molar-refractivity contribution in [3.8, 4) is 17.0 Å². The summed E-state index contributed by atoms with van der Waals surface area (Å²) >= 11 is 0. The molecule has 1 amide bonds. The zero-order valence-electron chi connectivity index (χ0n) is 16.4. The Morgan fingerprint density at radius 3 is 2.47 bits per heavy atom. The molecule has 1 saturated heterocycles. The summed E-state index contributed by atoms with van der Waals surface area (Å²) in [6.45, 7) is 1.35. The second-order valence-corrected chi connectivity index (χ2v) is 7.28. The molecule has 0 spiro atoms. The molecule has 2 aromatic heterocycles. The van der Waals surface area contributed by atoms with E-state index >= 15 is 0 Å². The minimum atomic E-state index is -4.62. The number of carbonyl (C=O) groups is 1. The molecule has 4 rings (SSSR count). The van der Waals surface area contributed by atoms with Crippen LogP contribution in [0.2, 0.25) is 0 Å². The van der Waals surface area contributed by atoms with Gasteiger partial charge < -0.3 is 9.64 Å². The molecule has 30 heavy (non-hydrogen) atoms. The lowest BCUT2D eigenvalue weighted by Gasteiger charge is -2.26. The predicted molar refractivity (Wildman–Crippen MR) is 104 cm³/mol. The number of carbonyl (C=O) groups excluding carboxylic acids is 1. The number of rotatable bonds is 4. The highest BCUT2D eigenvalue weighted by Crippen LogP contribution is 2.33. The van der Waals surface area contributed by atoms with Crippen LogP contribution < -0.4 is 4.74 Å². The molecule has 0 aliphatic carbocycles. The summed E-state index contributed by atoms with van der Waals surface area (Å²) in [4.78, 5) is 18.8. The molecule has 0 radical (unpaired) electrons. The standard InChI is InChI=1S/C21H21F3N4O2/c1-30-16-7-5-14(6-8-16)17-12-18(21(22,23)24)28-20(26-17)15(13-25-28)11-19(29)27-9-3-2-4-10-27/h5-8,12-13H,2-4,9-11H2,1H3. The van der Waals surface area contributed by atoms with Crippen molar-refractivity contribution in [2.45, 2.75) is 31.9 Å². The van der Waals surface area contributed by atoms with E-state index in [1.54, 1.807) is 29.2 Å². The Labute approximate surface area is 171 Å². The largest absolute Gasteiger partial charge is 0.497 e. The topological polar surface area (TPSA) is 59.7 Å². The van der Waals surface area contributed by atoms with Gasteiger partial charge in [-0.25, -0.2) is 9.50 Å². The number of hydrogen-bond acceptors (Lipinski definition) is 4. The lowest BCUT2D eigenvalue weighted by molar-refractivity contribution is -0.142. The molecule has 3 heterocycles. The first-order valence-corrected chi connectivity index (χ1v) is 9.74. The van der Waals surface area contributed by atoms with E-state index < -0.39 is 11.9 Å². The Balaban J connectivity index is 1.76. The average molecular weight is 418 g/mol. The second-order valence-electron chi connectivity index (χ2n) is 7.28. The number of piperidine rings is 1. The maximum Gasteiger partial charge on any atom is 0.433 e. The van der Waals surface area contributed by atoms with Crippen LogP contribution in [-0.4, -0.2) is 45.6 Å². The Kier molecular flexibility index (Phi) is 5.36. The molecule has 1 aliphatic heterocycles. The number of aromatic nitrogens is 3. The summed E-state index contributed by atoms with van der Waals surface area (Å²) in [6.07, 6.45) is -0.376. The fourth-order valence-electron chi connectivity index (χ4n) is 3.66. The molecule has 0 N–H and O–H groups in total. The minimum absolute atomic E-state index is 0.0279. The third-order valence-electron chi connectivity index (χ3n) is 5.27. The van der Waals surface area contributed by atoms with Gasteiger partial charge in [-0.15, -0.1) is 0 Å². The van der Waals surface area contributed by atoms with Crippen LogP contribution >= 0.6 is 0 Å². The SMILES string of the molecule is COc1ccc(-c2cc(C(F)(F)F)n3ncc(CC(=O)N4CCCCC4)c3n2)cc1. The summed E-state index contributed by atoms with van der Waals surface area (Å²) in [5, 5.41) is 3.89. The number of fused-ring (bicyclic) bond motifs is 1. The summed E-state index contributed by atoms with van der Waals surface area (Å²) < 4.78 is 47.0. The molecular formula is C21H21F3N4O2. The van der Waals surface area contributed by atoms with Crippen LogP contribution in [0.1, 0.15) is 30.5 Å². The van der Waals surface area contributed by atoms with Crippen molar-refractivity contribution in [1.29, 1.82) is 0 Å². The van der Waals surface area contributed by atoms with Crippen LogP contribution in [0.15, 0.2) is 36.5 Å². The van der Waals surface area contributed by atoms with Crippen LogP contribution in [0.5, 0.6) is 5.75 Å². The Hall–Kier alpha value is -3.10. The number of benzene rings is 1. The maximum absolute atomic E-state index is 13.7. The molecule has 1 fully saturated rings. The van der Waals surface area contributed by atoms with Crippen molar-refractivity contribution in [3.05, 3.63) is 47.8 Å². The smallest absolute Gasteiger partial charge is 0.433 e. The number of hydrogen-bond donors (Lipinski definition) is 0. The van der Waals surface area contributed by atoms with Crippen LogP contribution in [0.4, 0.5) is 13.2 Å². The highest BCUT2D eigenvalue weighted by Gasteiger charge is 2.35. The van der Waals surface area contributed by atoms with Gasteiger partial charge in [-0.05, 0) is 49.6 Å². The summed E-state index contributed by atoms with van der Waals surface area (Å²) in [5.41, 5.74) is 0.158.